The zero-order valence-electron chi connectivity index (χ0n) is 12.6. The molecule has 1 N–H and O–H groups in total. The third-order valence-corrected chi connectivity index (χ3v) is 5.26. The first-order valence-electron chi connectivity index (χ1n) is 7.17. The number of rotatable bonds is 8. The molecule has 1 unspecified atom stereocenters. The highest BCUT2D eigenvalue weighted by Crippen LogP contribution is 2.13. The Morgan fingerprint density at radius 1 is 1.32 bits per heavy atom. The van der Waals surface area contributed by atoms with Crippen molar-refractivity contribution >= 4 is 10.0 Å². The van der Waals surface area contributed by atoms with Gasteiger partial charge in [0.15, 0.2) is 0 Å². The quantitative estimate of drug-likeness (QED) is 0.730. The van der Waals surface area contributed by atoms with Crippen LogP contribution in [0.1, 0.15) is 40.5 Å². The Morgan fingerprint density at radius 2 is 2.00 bits per heavy atom. The van der Waals surface area contributed by atoms with Gasteiger partial charge in [-0.1, -0.05) is 0 Å². The summed E-state index contributed by atoms with van der Waals surface area (Å²) in [5, 5.41) is 3.35. The maximum absolute atomic E-state index is 12.4. The minimum absolute atomic E-state index is 0.00792. The lowest BCUT2D eigenvalue weighted by atomic mass is 10.2. The van der Waals surface area contributed by atoms with Gasteiger partial charge in [0.2, 0.25) is 10.0 Å². The summed E-state index contributed by atoms with van der Waals surface area (Å²) in [4.78, 5) is 0. The molecule has 1 saturated heterocycles. The molecule has 0 radical (unpaired) electrons. The summed E-state index contributed by atoms with van der Waals surface area (Å²) in [5.41, 5.74) is 0. The van der Waals surface area contributed by atoms with Gasteiger partial charge < -0.3 is 10.1 Å². The van der Waals surface area contributed by atoms with Crippen molar-refractivity contribution in [2.45, 2.75) is 58.7 Å². The van der Waals surface area contributed by atoms with Gasteiger partial charge in [0.25, 0.3) is 0 Å². The largest absolute Gasteiger partial charge is 0.378 e. The van der Waals surface area contributed by atoms with Gasteiger partial charge in [0.05, 0.1) is 18.5 Å². The van der Waals surface area contributed by atoms with Gasteiger partial charge >= 0.3 is 0 Å². The van der Waals surface area contributed by atoms with Gasteiger partial charge in [-0.05, 0) is 47.1 Å². The van der Waals surface area contributed by atoms with Crippen molar-refractivity contribution in [3.8, 4) is 0 Å². The highest BCUT2D eigenvalue weighted by molar-refractivity contribution is 7.89. The van der Waals surface area contributed by atoms with E-state index < -0.39 is 10.0 Å². The van der Waals surface area contributed by atoms with Crippen LogP contribution in [-0.2, 0) is 14.8 Å². The summed E-state index contributed by atoms with van der Waals surface area (Å²) in [5.74, 6) is 0.0656. The van der Waals surface area contributed by atoms with E-state index in [1.807, 2.05) is 27.7 Å². The van der Waals surface area contributed by atoms with Gasteiger partial charge in [0.1, 0.15) is 0 Å². The third kappa shape index (κ3) is 5.77. The number of hydrogen-bond donors (Lipinski definition) is 1. The number of nitrogens with one attached hydrogen (secondary N) is 1. The topological polar surface area (TPSA) is 58.6 Å². The molecule has 0 amide bonds. The summed E-state index contributed by atoms with van der Waals surface area (Å²) in [6, 6.07) is 0.287. The average molecular weight is 292 g/mol. The molecule has 1 fully saturated rings. The van der Waals surface area contributed by atoms with Crippen LogP contribution in [-0.4, -0.2) is 56.4 Å². The van der Waals surface area contributed by atoms with Crippen molar-refractivity contribution in [2.75, 3.05) is 25.4 Å². The molecule has 6 heteroatoms. The molecule has 5 nitrogen and oxygen atoms in total. The van der Waals surface area contributed by atoms with Crippen LogP contribution in [0.2, 0.25) is 0 Å². The van der Waals surface area contributed by atoms with E-state index >= 15 is 0 Å². The number of ether oxygens (including phenoxy) is 1. The first-order chi connectivity index (χ1) is 8.83. The Hall–Kier alpha value is -0.170. The van der Waals surface area contributed by atoms with Crippen LogP contribution in [0.5, 0.6) is 0 Å². The van der Waals surface area contributed by atoms with Crippen LogP contribution in [0.4, 0.5) is 0 Å². The fourth-order valence-corrected chi connectivity index (χ4v) is 3.87. The van der Waals surface area contributed by atoms with Crippen LogP contribution in [0.15, 0.2) is 0 Å². The molecular weight excluding hydrogens is 264 g/mol. The lowest BCUT2D eigenvalue weighted by molar-refractivity contribution is 0.0905. The smallest absolute Gasteiger partial charge is 0.216 e. The van der Waals surface area contributed by atoms with Crippen molar-refractivity contribution in [1.82, 2.24) is 9.62 Å². The zero-order valence-corrected chi connectivity index (χ0v) is 13.4. The van der Waals surface area contributed by atoms with E-state index in [9.17, 15) is 8.42 Å². The van der Waals surface area contributed by atoms with E-state index in [2.05, 4.69) is 5.32 Å². The summed E-state index contributed by atoms with van der Waals surface area (Å²) in [6.45, 7) is 9.51. The summed E-state index contributed by atoms with van der Waals surface area (Å²) < 4.78 is 31.7. The minimum Gasteiger partial charge on any atom is -0.378 e. The second-order valence-corrected chi connectivity index (χ2v) is 7.73. The summed E-state index contributed by atoms with van der Waals surface area (Å²) >= 11 is 0. The third-order valence-electron chi connectivity index (χ3n) is 3.29. The molecule has 0 aliphatic carbocycles. The number of nitrogens with zero attached hydrogens (tertiary/aromatic N) is 1. The molecule has 1 atom stereocenters. The van der Waals surface area contributed by atoms with E-state index in [1.165, 1.54) is 0 Å². The predicted octanol–water partition coefficient (Wildman–Crippen LogP) is 1.20. The molecule has 0 aromatic carbocycles. The van der Waals surface area contributed by atoms with Crippen molar-refractivity contribution in [1.29, 1.82) is 0 Å². The molecule has 0 spiro atoms. The lowest BCUT2D eigenvalue weighted by Crippen LogP contribution is -2.46. The second kappa shape index (κ2) is 7.57. The molecule has 19 heavy (non-hydrogen) atoms. The molecule has 1 aliphatic rings. The Kier molecular flexibility index (Phi) is 6.73. The maximum Gasteiger partial charge on any atom is 0.216 e. The molecule has 1 aliphatic heterocycles. The Bertz CT molecular complexity index is 349. The highest BCUT2D eigenvalue weighted by atomic mass is 32.2. The van der Waals surface area contributed by atoms with Crippen molar-refractivity contribution in [3.05, 3.63) is 0 Å². The number of hydrogen-bond acceptors (Lipinski definition) is 4. The Labute approximate surface area is 117 Å². The van der Waals surface area contributed by atoms with E-state index in [-0.39, 0.29) is 24.5 Å². The van der Waals surface area contributed by atoms with E-state index in [0.717, 1.165) is 19.4 Å². The van der Waals surface area contributed by atoms with Gasteiger partial charge in [-0.15, -0.1) is 0 Å². The summed E-state index contributed by atoms with van der Waals surface area (Å²) in [6.07, 6.45) is 2.26. The Balaban J connectivity index is 2.57. The first kappa shape index (κ1) is 16.9. The fourth-order valence-electron chi connectivity index (χ4n) is 2.28. The zero-order chi connectivity index (χ0) is 14.5. The normalized spacial score (nSPS) is 20.9. The van der Waals surface area contributed by atoms with Gasteiger partial charge in [-0.3, -0.25) is 0 Å². The van der Waals surface area contributed by atoms with Gasteiger partial charge in [-0.2, -0.15) is 4.31 Å². The standard InChI is InChI=1S/C13H28N2O3S/c1-11(2)15(10-13-6-5-7-14-13)19(16,17)9-8-18-12(3)4/h11-14H,5-10H2,1-4H3. The van der Waals surface area contributed by atoms with Crippen molar-refractivity contribution in [2.24, 2.45) is 0 Å². The molecule has 114 valence electrons. The molecule has 0 bridgehead atoms. The fraction of sp³-hybridized carbons (Fsp3) is 1.00. The van der Waals surface area contributed by atoms with E-state index in [4.69, 9.17) is 4.74 Å². The first-order valence-corrected chi connectivity index (χ1v) is 8.78. The van der Waals surface area contributed by atoms with Crippen molar-refractivity contribution in [3.63, 3.8) is 0 Å². The molecule has 1 rings (SSSR count). The molecule has 0 saturated carbocycles. The summed E-state index contributed by atoms with van der Waals surface area (Å²) in [7, 11) is -3.24. The minimum atomic E-state index is -3.24. The molecule has 0 aromatic heterocycles. The Morgan fingerprint density at radius 3 is 2.47 bits per heavy atom. The molecule has 1 heterocycles. The number of sulfonamides is 1. The predicted molar refractivity (Wildman–Crippen MR) is 77.7 cm³/mol. The monoisotopic (exact) mass is 292 g/mol. The van der Waals surface area contributed by atoms with Gasteiger partial charge in [0, 0.05) is 18.6 Å². The highest BCUT2D eigenvalue weighted by Gasteiger charge is 2.28. The van der Waals surface area contributed by atoms with Crippen LogP contribution in [0.25, 0.3) is 0 Å². The lowest BCUT2D eigenvalue weighted by Gasteiger charge is -2.28. The van der Waals surface area contributed by atoms with Crippen LogP contribution >= 0.6 is 0 Å². The van der Waals surface area contributed by atoms with E-state index in [0.29, 0.717) is 12.6 Å². The van der Waals surface area contributed by atoms with Crippen molar-refractivity contribution < 1.29 is 13.2 Å². The van der Waals surface area contributed by atoms with E-state index in [1.54, 1.807) is 4.31 Å². The average Bonchev–Trinajstić information content (AvgIpc) is 2.76. The van der Waals surface area contributed by atoms with Crippen LogP contribution < -0.4 is 5.32 Å². The van der Waals surface area contributed by atoms with Crippen LogP contribution in [0, 0.1) is 0 Å². The molecule has 0 aromatic rings. The maximum atomic E-state index is 12.4. The van der Waals surface area contributed by atoms with Gasteiger partial charge in [-0.25, -0.2) is 8.42 Å². The second-order valence-electron chi connectivity index (χ2n) is 5.69. The molecular formula is C13H28N2O3S. The SMILES string of the molecule is CC(C)OCCS(=O)(=O)N(CC1CCCN1)C(C)C. The van der Waals surface area contributed by atoms with Crippen LogP contribution in [0.3, 0.4) is 0 Å².